The van der Waals surface area contributed by atoms with Crippen LogP contribution in [0.3, 0.4) is 0 Å². The molecule has 0 aliphatic carbocycles. The van der Waals surface area contributed by atoms with Gasteiger partial charge in [0.25, 0.3) is 11.8 Å². The second-order valence-corrected chi connectivity index (χ2v) is 7.13. The van der Waals surface area contributed by atoms with Gasteiger partial charge in [-0.05, 0) is 24.3 Å². The summed E-state index contributed by atoms with van der Waals surface area (Å²) >= 11 is 2.88. The number of halogens is 6. The normalized spacial score (nSPS) is 17.0. The lowest BCUT2D eigenvalue weighted by Crippen LogP contribution is -2.42. The molecular formula is C18H14BrF5N2O. The summed E-state index contributed by atoms with van der Waals surface area (Å²) in [5, 5.41) is 0. The van der Waals surface area contributed by atoms with Crippen molar-refractivity contribution in [3.05, 3.63) is 52.1 Å². The van der Waals surface area contributed by atoms with Crippen molar-refractivity contribution in [1.82, 2.24) is 9.88 Å². The molecule has 0 saturated carbocycles. The number of nitrogens with zero attached hydrogens (tertiary/aromatic N) is 2. The minimum Gasteiger partial charge on any atom is -0.338 e. The van der Waals surface area contributed by atoms with Crippen molar-refractivity contribution in [1.29, 1.82) is 0 Å². The highest BCUT2D eigenvalue weighted by atomic mass is 79.9. The largest absolute Gasteiger partial charge is 0.417 e. The number of benzene rings is 1. The van der Waals surface area contributed by atoms with Crippen molar-refractivity contribution >= 4 is 21.8 Å². The van der Waals surface area contributed by atoms with Crippen molar-refractivity contribution in [2.75, 3.05) is 13.1 Å². The van der Waals surface area contributed by atoms with Crippen molar-refractivity contribution in [2.24, 2.45) is 0 Å². The summed E-state index contributed by atoms with van der Waals surface area (Å²) in [5.74, 6) is -3.17. The van der Waals surface area contributed by atoms with Crippen molar-refractivity contribution in [2.45, 2.75) is 24.9 Å². The number of aromatic nitrogens is 1. The third-order valence-corrected chi connectivity index (χ3v) is 5.05. The van der Waals surface area contributed by atoms with E-state index >= 15 is 0 Å². The van der Waals surface area contributed by atoms with E-state index < -0.39 is 23.6 Å². The molecule has 1 aliphatic heterocycles. The number of amides is 1. The van der Waals surface area contributed by atoms with E-state index in [4.69, 9.17) is 0 Å². The first-order valence-electron chi connectivity index (χ1n) is 8.07. The highest BCUT2D eigenvalue weighted by molar-refractivity contribution is 9.10. The molecule has 1 aromatic heterocycles. The van der Waals surface area contributed by atoms with Gasteiger partial charge in [0.2, 0.25) is 0 Å². The van der Waals surface area contributed by atoms with Gasteiger partial charge in [-0.1, -0.05) is 22.0 Å². The zero-order valence-corrected chi connectivity index (χ0v) is 15.4. The number of hydrogen-bond acceptors (Lipinski definition) is 2. The van der Waals surface area contributed by atoms with Crippen LogP contribution in [-0.4, -0.2) is 34.8 Å². The Balaban J connectivity index is 1.79. The first-order valence-corrected chi connectivity index (χ1v) is 8.86. The summed E-state index contributed by atoms with van der Waals surface area (Å²) in [6.07, 6.45) is -4.03. The quantitative estimate of drug-likeness (QED) is 0.576. The average molecular weight is 449 g/mol. The molecule has 3 rings (SSSR count). The van der Waals surface area contributed by atoms with Crippen LogP contribution >= 0.6 is 15.9 Å². The SMILES string of the molecule is O=C(c1ccc(-c2ccc(Br)c(C(F)(F)F)c2)nc1)N1CCC(F)(F)CC1. The molecule has 0 unspecified atom stereocenters. The molecule has 0 bridgehead atoms. The van der Waals surface area contributed by atoms with Crippen LogP contribution < -0.4 is 0 Å². The van der Waals surface area contributed by atoms with Gasteiger partial charge in [-0.15, -0.1) is 0 Å². The minimum atomic E-state index is -4.51. The lowest BCUT2D eigenvalue weighted by Gasteiger charge is -2.31. The summed E-state index contributed by atoms with van der Waals surface area (Å²) in [5.41, 5.74) is -0.0924. The zero-order chi connectivity index (χ0) is 19.8. The summed E-state index contributed by atoms with van der Waals surface area (Å²) in [6, 6.07) is 6.62. The van der Waals surface area contributed by atoms with Gasteiger partial charge in [0.1, 0.15) is 0 Å². The summed E-state index contributed by atoms with van der Waals surface area (Å²) in [7, 11) is 0. The third kappa shape index (κ3) is 4.45. The molecule has 2 heterocycles. The predicted octanol–water partition coefficient (Wildman–Crippen LogP) is 5.40. The van der Waals surface area contributed by atoms with Gasteiger partial charge >= 0.3 is 6.18 Å². The lowest BCUT2D eigenvalue weighted by molar-refractivity contribution is -0.138. The van der Waals surface area contributed by atoms with E-state index in [-0.39, 0.29) is 47.2 Å². The van der Waals surface area contributed by atoms with E-state index in [1.165, 1.54) is 35.4 Å². The van der Waals surface area contributed by atoms with Gasteiger partial charge in [0.15, 0.2) is 0 Å². The van der Waals surface area contributed by atoms with Gasteiger partial charge in [0, 0.05) is 42.2 Å². The molecule has 1 fully saturated rings. The predicted molar refractivity (Wildman–Crippen MR) is 92.5 cm³/mol. The molecule has 2 aromatic rings. The number of piperidine rings is 1. The van der Waals surface area contributed by atoms with Crippen LogP contribution in [0.25, 0.3) is 11.3 Å². The van der Waals surface area contributed by atoms with Gasteiger partial charge in [0.05, 0.1) is 16.8 Å². The number of alkyl halides is 5. The molecule has 0 atom stereocenters. The van der Waals surface area contributed by atoms with E-state index in [1.807, 2.05) is 0 Å². The summed E-state index contributed by atoms with van der Waals surface area (Å²) in [4.78, 5) is 17.8. The Bertz CT molecular complexity index is 842. The summed E-state index contributed by atoms with van der Waals surface area (Å²) in [6.45, 7) is -0.0928. The maximum atomic E-state index is 13.2. The molecule has 0 spiro atoms. The van der Waals surface area contributed by atoms with Crippen molar-refractivity contribution in [3.8, 4) is 11.3 Å². The van der Waals surface area contributed by atoms with E-state index in [1.54, 1.807) is 0 Å². The fourth-order valence-electron chi connectivity index (χ4n) is 2.81. The Morgan fingerprint density at radius 1 is 1.11 bits per heavy atom. The first-order chi connectivity index (χ1) is 12.6. The van der Waals surface area contributed by atoms with E-state index in [2.05, 4.69) is 20.9 Å². The van der Waals surface area contributed by atoms with Crippen LogP contribution in [0, 0.1) is 0 Å². The maximum Gasteiger partial charge on any atom is 0.417 e. The van der Waals surface area contributed by atoms with Gasteiger partial charge in [-0.2, -0.15) is 13.2 Å². The van der Waals surface area contributed by atoms with Crippen LogP contribution in [0.15, 0.2) is 41.0 Å². The smallest absolute Gasteiger partial charge is 0.338 e. The van der Waals surface area contributed by atoms with Crippen LogP contribution in [0.1, 0.15) is 28.8 Å². The van der Waals surface area contributed by atoms with Crippen molar-refractivity contribution in [3.63, 3.8) is 0 Å². The second-order valence-electron chi connectivity index (χ2n) is 6.27. The van der Waals surface area contributed by atoms with Crippen LogP contribution in [-0.2, 0) is 6.18 Å². The molecule has 27 heavy (non-hydrogen) atoms. The topological polar surface area (TPSA) is 33.2 Å². The Labute approximate surface area is 160 Å². The number of likely N-dealkylation sites (tertiary alicyclic amines) is 1. The molecule has 1 saturated heterocycles. The number of carbonyl (C=O) groups is 1. The Morgan fingerprint density at radius 3 is 2.33 bits per heavy atom. The fourth-order valence-corrected chi connectivity index (χ4v) is 3.28. The molecule has 1 aliphatic rings. The number of pyridine rings is 1. The first kappa shape index (κ1) is 19.7. The number of hydrogen-bond donors (Lipinski definition) is 0. The third-order valence-electron chi connectivity index (χ3n) is 4.36. The standard InChI is InChI=1S/C18H14BrF5N2O/c19-14-3-1-11(9-13(14)18(22,23)24)15-4-2-12(10-25-15)16(27)26-7-5-17(20,21)6-8-26/h1-4,9-10H,5-8H2. The molecule has 3 nitrogen and oxygen atoms in total. The highest BCUT2D eigenvalue weighted by Gasteiger charge is 2.36. The molecule has 0 N–H and O–H groups in total. The Kier molecular flexibility index (Phi) is 5.24. The highest BCUT2D eigenvalue weighted by Crippen LogP contribution is 2.37. The van der Waals surface area contributed by atoms with Crippen LogP contribution in [0.4, 0.5) is 22.0 Å². The Hall–Kier alpha value is -2.03. The molecule has 144 valence electrons. The molecule has 1 aromatic carbocycles. The van der Waals surface area contributed by atoms with E-state index in [9.17, 15) is 26.7 Å². The minimum absolute atomic E-state index is 0.0464. The average Bonchev–Trinajstić information content (AvgIpc) is 2.61. The van der Waals surface area contributed by atoms with Gasteiger partial charge in [-0.3, -0.25) is 9.78 Å². The monoisotopic (exact) mass is 448 g/mol. The van der Waals surface area contributed by atoms with Gasteiger partial charge in [-0.25, -0.2) is 8.78 Å². The van der Waals surface area contributed by atoms with E-state index in [0.717, 1.165) is 6.07 Å². The summed E-state index contributed by atoms with van der Waals surface area (Å²) < 4.78 is 65.4. The van der Waals surface area contributed by atoms with Crippen molar-refractivity contribution < 1.29 is 26.7 Å². The molecule has 9 heteroatoms. The maximum absolute atomic E-state index is 13.2. The number of carbonyl (C=O) groups excluding carboxylic acids is 1. The Morgan fingerprint density at radius 2 is 1.78 bits per heavy atom. The number of rotatable bonds is 2. The lowest BCUT2D eigenvalue weighted by atomic mass is 10.0. The van der Waals surface area contributed by atoms with Gasteiger partial charge < -0.3 is 4.90 Å². The second kappa shape index (κ2) is 7.18. The zero-order valence-electron chi connectivity index (χ0n) is 13.9. The molecule has 0 radical (unpaired) electrons. The fraction of sp³-hybridized carbons (Fsp3) is 0.333. The van der Waals surface area contributed by atoms with Crippen LogP contribution in [0.2, 0.25) is 0 Å². The molecule has 1 amide bonds. The van der Waals surface area contributed by atoms with E-state index in [0.29, 0.717) is 0 Å². The molecular weight excluding hydrogens is 435 g/mol. The van der Waals surface area contributed by atoms with Crippen LogP contribution in [0.5, 0.6) is 0 Å².